The van der Waals surface area contributed by atoms with Gasteiger partial charge < -0.3 is 19.9 Å². The van der Waals surface area contributed by atoms with Gasteiger partial charge in [0.25, 0.3) is 0 Å². The van der Waals surface area contributed by atoms with Crippen molar-refractivity contribution in [3.8, 4) is 0 Å². The number of carbonyl (C=O) groups is 2. The van der Waals surface area contributed by atoms with Crippen molar-refractivity contribution >= 4 is 23.6 Å². The summed E-state index contributed by atoms with van der Waals surface area (Å²) in [7, 11) is 1.86. The minimum Gasteiger partial charge on any atom is -0.378 e. The third-order valence-corrected chi connectivity index (χ3v) is 6.18. The number of ether oxygens (including phenoxy) is 1. The Bertz CT molecular complexity index is 622. The van der Waals surface area contributed by atoms with Gasteiger partial charge in [0.05, 0.1) is 25.0 Å². The molecule has 0 radical (unpaired) electrons. The third kappa shape index (κ3) is 5.70. The van der Waals surface area contributed by atoms with Crippen molar-refractivity contribution in [2.24, 2.45) is 11.8 Å². The van der Waals surface area contributed by atoms with Crippen molar-refractivity contribution in [2.45, 2.75) is 11.3 Å². The summed E-state index contributed by atoms with van der Waals surface area (Å²) < 4.78 is 5.33. The van der Waals surface area contributed by atoms with Gasteiger partial charge in [0, 0.05) is 50.4 Å². The van der Waals surface area contributed by atoms with Crippen LogP contribution in [0.2, 0.25) is 0 Å². The van der Waals surface area contributed by atoms with E-state index in [9.17, 15) is 9.59 Å². The van der Waals surface area contributed by atoms with Gasteiger partial charge in [0.1, 0.15) is 0 Å². The van der Waals surface area contributed by atoms with Crippen LogP contribution in [0.4, 0.5) is 0 Å². The lowest BCUT2D eigenvalue weighted by Crippen LogP contribution is -2.51. The predicted molar refractivity (Wildman–Crippen MR) is 107 cm³/mol. The minimum atomic E-state index is -0.125. The van der Waals surface area contributed by atoms with E-state index in [1.165, 1.54) is 4.90 Å². The van der Waals surface area contributed by atoms with E-state index in [1.807, 2.05) is 35.0 Å². The molecule has 148 valence electrons. The first-order chi connectivity index (χ1) is 13.1. The van der Waals surface area contributed by atoms with Crippen LogP contribution in [0.25, 0.3) is 0 Å². The zero-order valence-electron chi connectivity index (χ0n) is 15.9. The van der Waals surface area contributed by atoms with Gasteiger partial charge in [-0.2, -0.15) is 0 Å². The van der Waals surface area contributed by atoms with Crippen LogP contribution in [0, 0.1) is 11.8 Å². The number of hydrogen-bond donors (Lipinski definition) is 1. The van der Waals surface area contributed by atoms with Crippen molar-refractivity contribution < 1.29 is 14.3 Å². The van der Waals surface area contributed by atoms with E-state index < -0.39 is 0 Å². The average Bonchev–Trinajstić information content (AvgIpc) is 2.74. The molecule has 2 atom stereocenters. The molecule has 3 rings (SSSR count). The minimum absolute atomic E-state index is 0.113. The number of nitrogens with one attached hydrogen (secondary N) is 1. The van der Waals surface area contributed by atoms with Crippen molar-refractivity contribution in [3.05, 3.63) is 30.3 Å². The summed E-state index contributed by atoms with van der Waals surface area (Å²) in [6, 6.07) is 10.2. The molecule has 1 N–H and O–H groups in total. The number of carbonyl (C=O) groups excluding carboxylic acids is 2. The van der Waals surface area contributed by atoms with Gasteiger partial charge in [-0.15, -0.1) is 11.8 Å². The molecule has 0 aliphatic carbocycles. The molecule has 0 bridgehead atoms. The highest BCUT2D eigenvalue weighted by atomic mass is 32.2. The Kier molecular flexibility index (Phi) is 7.55. The van der Waals surface area contributed by atoms with E-state index in [0.717, 1.165) is 5.75 Å². The molecule has 2 amide bonds. The Labute approximate surface area is 165 Å². The summed E-state index contributed by atoms with van der Waals surface area (Å²) in [6.45, 7) is 4.55. The van der Waals surface area contributed by atoms with Gasteiger partial charge >= 0.3 is 0 Å². The van der Waals surface area contributed by atoms with E-state index in [0.29, 0.717) is 52.4 Å². The van der Waals surface area contributed by atoms with Crippen LogP contribution >= 0.6 is 11.8 Å². The van der Waals surface area contributed by atoms with E-state index in [1.54, 1.807) is 11.8 Å². The summed E-state index contributed by atoms with van der Waals surface area (Å²) in [5.74, 6) is 0.919. The van der Waals surface area contributed by atoms with Crippen molar-refractivity contribution in [1.82, 2.24) is 15.1 Å². The zero-order valence-corrected chi connectivity index (χ0v) is 16.7. The number of hydrogen-bond acceptors (Lipinski definition) is 5. The molecule has 2 aliphatic heterocycles. The van der Waals surface area contributed by atoms with Gasteiger partial charge in [0.15, 0.2) is 0 Å². The molecule has 1 aromatic rings. The van der Waals surface area contributed by atoms with E-state index >= 15 is 0 Å². The molecule has 6 nitrogen and oxygen atoms in total. The molecule has 0 spiro atoms. The third-order valence-electron chi connectivity index (χ3n) is 5.19. The van der Waals surface area contributed by atoms with E-state index in [2.05, 4.69) is 17.4 Å². The Morgan fingerprint density at radius 1 is 1.19 bits per heavy atom. The van der Waals surface area contributed by atoms with Gasteiger partial charge in [-0.25, -0.2) is 0 Å². The lowest BCUT2D eigenvalue weighted by atomic mass is 9.88. The van der Waals surface area contributed by atoms with Gasteiger partial charge in [-0.1, -0.05) is 18.2 Å². The van der Waals surface area contributed by atoms with Crippen LogP contribution in [0.15, 0.2) is 35.2 Å². The smallest absolute Gasteiger partial charge is 0.227 e. The fourth-order valence-electron chi connectivity index (χ4n) is 3.60. The molecule has 2 fully saturated rings. The van der Waals surface area contributed by atoms with Crippen LogP contribution in [0.5, 0.6) is 0 Å². The Balaban J connectivity index is 1.46. The van der Waals surface area contributed by atoms with Crippen LogP contribution in [0.3, 0.4) is 0 Å². The summed E-state index contributed by atoms with van der Waals surface area (Å²) >= 11 is 1.75. The van der Waals surface area contributed by atoms with Crippen LogP contribution in [-0.4, -0.2) is 80.4 Å². The van der Waals surface area contributed by atoms with E-state index in [4.69, 9.17) is 4.74 Å². The predicted octanol–water partition coefficient (Wildman–Crippen LogP) is 1.32. The van der Waals surface area contributed by atoms with E-state index in [-0.39, 0.29) is 23.7 Å². The molecule has 0 saturated carbocycles. The number of morpholine rings is 1. The quantitative estimate of drug-likeness (QED) is 0.741. The fraction of sp³-hybridized carbons (Fsp3) is 0.600. The number of rotatable bonds is 6. The number of amides is 2. The molecular formula is C20H29N3O3S. The average molecular weight is 392 g/mol. The second kappa shape index (κ2) is 10.1. The highest BCUT2D eigenvalue weighted by molar-refractivity contribution is 7.99. The molecular weight excluding hydrogens is 362 g/mol. The Morgan fingerprint density at radius 3 is 2.63 bits per heavy atom. The summed E-state index contributed by atoms with van der Waals surface area (Å²) in [5, 5.41) is 3.29. The summed E-state index contributed by atoms with van der Waals surface area (Å²) in [5.41, 5.74) is 0. The van der Waals surface area contributed by atoms with Crippen molar-refractivity contribution in [2.75, 3.05) is 58.7 Å². The largest absolute Gasteiger partial charge is 0.378 e. The lowest BCUT2D eigenvalue weighted by Gasteiger charge is -2.35. The summed E-state index contributed by atoms with van der Waals surface area (Å²) in [4.78, 5) is 30.4. The fourth-order valence-corrected chi connectivity index (χ4v) is 4.55. The molecule has 0 aromatic heterocycles. The van der Waals surface area contributed by atoms with Gasteiger partial charge in [0.2, 0.25) is 11.8 Å². The number of benzene rings is 1. The molecule has 2 aliphatic rings. The maximum absolute atomic E-state index is 12.8. The number of piperidine rings is 1. The van der Waals surface area contributed by atoms with Crippen LogP contribution in [0.1, 0.15) is 6.42 Å². The van der Waals surface area contributed by atoms with Crippen molar-refractivity contribution in [3.63, 3.8) is 0 Å². The van der Waals surface area contributed by atoms with Gasteiger partial charge in [-0.05, 0) is 18.6 Å². The highest BCUT2D eigenvalue weighted by Crippen LogP contribution is 2.22. The molecule has 2 unspecified atom stereocenters. The topological polar surface area (TPSA) is 61.9 Å². The lowest BCUT2D eigenvalue weighted by molar-refractivity contribution is -0.142. The number of thioether (sulfide) groups is 1. The first kappa shape index (κ1) is 20.2. The normalized spacial score (nSPS) is 23.1. The molecule has 7 heteroatoms. The second-order valence-corrected chi connectivity index (χ2v) is 8.32. The highest BCUT2D eigenvalue weighted by Gasteiger charge is 2.34. The number of nitrogens with zero attached hydrogens (tertiary/aromatic N) is 2. The van der Waals surface area contributed by atoms with Crippen LogP contribution < -0.4 is 5.32 Å². The Hall–Kier alpha value is -1.57. The SMILES string of the molecule is CN(CCSc1ccccc1)C(=O)C1CNCC(C(=O)N2CCOCC2)C1. The zero-order chi connectivity index (χ0) is 19.1. The first-order valence-electron chi connectivity index (χ1n) is 9.65. The van der Waals surface area contributed by atoms with Gasteiger partial charge in [-0.3, -0.25) is 9.59 Å². The summed E-state index contributed by atoms with van der Waals surface area (Å²) in [6.07, 6.45) is 0.637. The molecule has 2 heterocycles. The maximum atomic E-state index is 12.8. The Morgan fingerprint density at radius 2 is 1.89 bits per heavy atom. The molecule has 2 saturated heterocycles. The maximum Gasteiger partial charge on any atom is 0.227 e. The molecule has 27 heavy (non-hydrogen) atoms. The second-order valence-electron chi connectivity index (χ2n) is 7.15. The standard InChI is InChI=1S/C20H29N3O3S/c1-22(9-12-27-18-5-3-2-4-6-18)19(24)16-13-17(15-21-14-16)20(25)23-7-10-26-11-8-23/h2-6,16-17,21H,7-15H2,1H3. The van der Waals surface area contributed by atoms with Crippen molar-refractivity contribution in [1.29, 1.82) is 0 Å². The monoisotopic (exact) mass is 391 g/mol. The first-order valence-corrected chi connectivity index (χ1v) is 10.6. The molecule has 1 aromatic carbocycles. The van der Waals surface area contributed by atoms with Crippen LogP contribution in [-0.2, 0) is 14.3 Å².